The van der Waals surface area contributed by atoms with Gasteiger partial charge in [0.05, 0.1) is 0 Å². The van der Waals surface area contributed by atoms with E-state index in [4.69, 9.17) is 9.15 Å². The topological polar surface area (TPSA) is 81.4 Å². The predicted molar refractivity (Wildman–Crippen MR) is 98.1 cm³/mol. The van der Waals surface area contributed by atoms with E-state index in [-0.39, 0.29) is 5.91 Å². The minimum atomic E-state index is -0.695. The Labute approximate surface area is 150 Å². The number of amides is 1. The van der Waals surface area contributed by atoms with Crippen LogP contribution in [0.25, 0.3) is 11.0 Å². The summed E-state index contributed by atoms with van der Waals surface area (Å²) in [5.74, 6) is 0.273. The summed E-state index contributed by atoms with van der Waals surface area (Å²) in [6.45, 7) is 5.72. The highest BCUT2D eigenvalue weighted by molar-refractivity contribution is 5.85. The molecule has 0 radical (unpaired) electrons. The van der Waals surface area contributed by atoms with Crippen molar-refractivity contribution in [2.24, 2.45) is 0 Å². The number of hydrogen-bond donors (Lipinski definition) is 1. The van der Waals surface area contributed by atoms with Crippen molar-refractivity contribution in [3.63, 3.8) is 0 Å². The van der Waals surface area contributed by atoms with E-state index in [1.807, 2.05) is 25.1 Å². The average Bonchev–Trinajstić information content (AvgIpc) is 2.63. The lowest BCUT2D eigenvalue weighted by atomic mass is 10.1. The molecule has 2 aromatic heterocycles. The van der Waals surface area contributed by atoms with Crippen LogP contribution in [0.2, 0.25) is 0 Å². The number of benzene rings is 1. The first-order valence-electron chi connectivity index (χ1n) is 8.33. The van der Waals surface area contributed by atoms with Crippen LogP contribution in [-0.2, 0) is 11.3 Å². The van der Waals surface area contributed by atoms with E-state index >= 15 is 0 Å². The zero-order valence-electron chi connectivity index (χ0n) is 14.9. The quantitative estimate of drug-likeness (QED) is 0.714. The number of aromatic nitrogens is 1. The van der Waals surface area contributed by atoms with E-state index in [2.05, 4.69) is 10.3 Å². The molecule has 0 saturated carbocycles. The van der Waals surface area contributed by atoms with Crippen molar-refractivity contribution in [3.8, 4) is 5.75 Å². The standard InChI is InChI=1S/C20H20N2O4/c1-12-9-18(23)26-19-13(2)17(7-6-16(12)19)25-14(3)20(24)22-11-15-5-4-8-21-10-15/h4-10,14H,11H2,1-3H3,(H,22,24)/t14-/m0/s1. The van der Waals surface area contributed by atoms with Crippen LogP contribution in [0, 0.1) is 13.8 Å². The zero-order chi connectivity index (χ0) is 18.7. The number of pyridine rings is 1. The molecule has 1 amide bonds. The summed E-state index contributed by atoms with van der Waals surface area (Å²) in [7, 11) is 0. The molecule has 1 atom stereocenters. The normalized spacial score (nSPS) is 12.0. The van der Waals surface area contributed by atoms with Gasteiger partial charge in [0.1, 0.15) is 11.3 Å². The molecule has 1 N–H and O–H groups in total. The molecule has 0 saturated heterocycles. The van der Waals surface area contributed by atoms with Gasteiger partial charge in [0.15, 0.2) is 6.10 Å². The molecule has 134 valence electrons. The molecule has 0 fully saturated rings. The van der Waals surface area contributed by atoms with E-state index in [0.29, 0.717) is 23.4 Å². The first-order valence-corrected chi connectivity index (χ1v) is 8.33. The smallest absolute Gasteiger partial charge is 0.336 e. The van der Waals surface area contributed by atoms with Gasteiger partial charge in [-0.15, -0.1) is 0 Å². The second kappa shape index (κ2) is 7.39. The second-order valence-electron chi connectivity index (χ2n) is 6.15. The van der Waals surface area contributed by atoms with E-state index in [1.165, 1.54) is 6.07 Å². The van der Waals surface area contributed by atoms with E-state index < -0.39 is 11.7 Å². The maximum atomic E-state index is 12.3. The Hall–Kier alpha value is -3.15. The third-order valence-electron chi connectivity index (χ3n) is 4.18. The Balaban J connectivity index is 1.74. The van der Waals surface area contributed by atoms with Gasteiger partial charge in [0, 0.05) is 36.0 Å². The summed E-state index contributed by atoms with van der Waals surface area (Å²) in [5, 5.41) is 3.67. The number of ether oxygens (including phenoxy) is 1. The number of rotatable bonds is 5. The first kappa shape index (κ1) is 17.7. The molecule has 0 aliphatic carbocycles. The van der Waals surface area contributed by atoms with Gasteiger partial charge >= 0.3 is 5.63 Å². The van der Waals surface area contributed by atoms with Gasteiger partial charge in [-0.05, 0) is 50.1 Å². The number of carbonyl (C=O) groups is 1. The molecule has 0 unspecified atom stereocenters. The summed E-state index contributed by atoms with van der Waals surface area (Å²) < 4.78 is 11.1. The van der Waals surface area contributed by atoms with Crippen LogP contribution in [0.5, 0.6) is 5.75 Å². The van der Waals surface area contributed by atoms with Gasteiger partial charge < -0.3 is 14.5 Å². The summed E-state index contributed by atoms with van der Waals surface area (Å²) in [5.41, 5.74) is 2.52. The van der Waals surface area contributed by atoms with E-state index in [9.17, 15) is 9.59 Å². The number of nitrogens with zero attached hydrogens (tertiary/aromatic N) is 1. The van der Waals surface area contributed by atoms with Gasteiger partial charge in [-0.25, -0.2) is 4.79 Å². The lowest BCUT2D eigenvalue weighted by Gasteiger charge is -2.17. The molecule has 0 aliphatic heterocycles. The molecule has 6 nitrogen and oxygen atoms in total. The molecule has 0 spiro atoms. The SMILES string of the molecule is Cc1cc(=O)oc2c(C)c(O[C@@H](C)C(=O)NCc3cccnc3)ccc12. The van der Waals surface area contributed by atoms with Gasteiger partial charge in [0.25, 0.3) is 5.91 Å². The fourth-order valence-electron chi connectivity index (χ4n) is 2.71. The highest BCUT2D eigenvalue weighted by Gasteiger charge is 2.17. The first-order chi connectivity index (χ1) is 12.5. The monoisotopic (exact) mass is 352 g/mol. The van der Waals surface area contributed by atoms with Crippen molar-refractivity contribution in [1.29, 1.82) is 0 Å². The van der Waals surface area contributed by atoms with Crippen molar-refractivity contribution in [2.75, 3.05) is 0 Å². The van der Waals surface area contributed by atoms with Crippen molar-refractivity contribution in [3.05, 3.63) is 69.8 Å². The van der Waals surface area contributed by atoms with Gasteiger partial charge in [-0.1, -0.05) is 6.07 Å². The Bertz CT molecular complexity index is 996. The Morgan fingerprint density at radius 3 is 2.85 bits per heavy atom. The van der Waals surface area contributed by atoms with Crippen LogP contribution in [0.1, 0.15) is 23.6 Å². The number of nitrogens with one attached hydrogen (secondary N) is 1. The van der Waals surface area contributed by atoms with Crippen molar-refractivity contribution < 1.29 is 13.9 Å². The van der Waals surface area contributed by atoms with Crippen LogP contribution < -0.4 is 15.7 Å². The number of carbonyl (C=O) groups excluding carboxylic acids is 1. The Morgan fingerprint density at radius 1 is 1.31 bits per heavy atom. The third-order valence-corrected chi connectivity index (χ3v) is 4.18. The molecule has 0 aliphatic rings. The van der Waals surface area contributed by atoms with E-state index in [1.54, 1.807) is 32.3 Å². The summed E-state index contributed by atoms with van der Waals surface area (Å²) >= 11 is 0. The average molecular weight is 352 g/mol. The minimum Gasteiger partial charge on any atom is -0.480 e. The number of fused-ring (bicyclic) bond motifs is 1. The number of aryl methyl sites for hydroxylation is 2. The van der Waals surface area contributed by atoms with Gasteiger partial charge in [0.2, 0.25) is 0 Å². The fraction of sp³-hybridized carbons (Fsp3) is 0.250. The molecule has 1 aromatic carbocycles. The molecule has 3 rings (SSSR count). The molecule has 6 heteroatoms. The van der Waals surface area contributed by atoms with Crippen molar-refractivity contribution >= 4 is 16.9 Å². The molecule has 3 aromatic rings. The van der Waals surface area contributed by atoms with Crippen LogP contribution in [-0.4, -0.2) is 17.0 Å². The maximum Gasteiger partial charge on any atom is 0.336 e. The van der Waals surface area contributed by atoms with Crippen LogP contribution in [0.15, 0.2) is 51.9 Å². The molecular formula is C20H20N2O4. The van der Waals surface area contributed by atoms with Crippen molar-refractivity contribution in [2.45, 2.75) is 33.4 Å². The fourth-order valence-corrected chi connectivity index (χ4v) is 2.71. The van der Waals surface area contributed by atoms with Crippen LogP contribution in [0.3, 0.4) is 0 Å². The Kier molecular flexibility index (Phi) is 5.02. The lowest BCUT2D eigenvalue weighted by Crippen LogP contribution is -2.36. The molecule has 0 bridgehead atoms. The summed E-state index contributed by atoms with van der Waals surface area (Å²) in [4.78, 5) is 27.9. The maximum absolute atomic E-state index is 12.3. The van der Waals surface area contributed by atoms with Gasteiger partial charge in [-0.3, -0.25) is 9.78 Å². The summed E-state index contributed by atoms with van der Waals surface area (Å²) in [6, 6.07) is 8.77. The lowest BCUT2D eigenvalue weighted by molar-refractivity contribution is -0.127. The van der Waals surface area contributed by atoms with E-state index in [0.717, 1.165) is 16.5 Å². The van der Waals surface area contributed by atoms with Gasteiger partial charge in [-0.2, -0.15) is 0 Å². The van der Waals surface area contributed by atoms with Crippen LogP contribution in [0.4, 0.5) is 0 Å². The largest absolute Gasteiger partial charge is 0.480 e. The third kappa shape index (κ3) is 3.74. The Morgan fingerprint density at radius 2 is 2.12 bits per heavy atom. The highest BCUT2D eigenvalue weighted by Crippen LogP contribution is 2.28. The second-order valence-corrected chi connectivity index (χ2v) is 6.15. The zero-order valence-corrected chi connectivity index (χ0v) is 14.9. The molecular weight excluding hydrogens is 332 g/mol. The van der Waals surface area contributed by atoms with Crippen molar-refractivity contribution in [1.82, 2.24) is 10.3 Å². The highest BCUT2D eigenvalue weighted by atomic mass is 16.5. The van der Waals surface area contributed by atoms with Crippen LogP contribution >= 0.6 is 0 Å². The summed E-state index contributed by atoms with van der Waals surface area (Å²) in [6.07, 6.45) is 2.68. The molecule has 26 heavy (non-hydrogen) atoms. The minimum absolute atomic E-state index is 0.237. The predicted octanol–water partition coefficient (Wildman–Crippen LogP) is 2.89. The molecule has 2 heterocycles. The number of hydrogen-bond acceptors (Lipinski definition) is 5.